The first kappa shape index (κ1) is 16.2. The molecule has 1 unspecified atom stereocenters. The summed E-state index contributed by atoms with van der Waals surface area (Å²) in [4.78, 5) is 26.1. The van der Waals surface area contributed by atoms with Crippen LogP contribution >= 0.6 is 43.2 Å². The zero-order valence-corrected chi connectivity index (χ0v) is 15.3. The molecule has 0 bridgehead atoms. The third-order valence-corrected chi connectivity index (χ3v) is 5.89. The van der Waals surface area contributed by atoms with Crippen LogP contribution in [0.5, 0.6) is 0 Å². The van der Waals surface area contributed by atoms with Gasteiger partial charge in [0, 0.05) is 19.0 Å². The molecule has 2 rings (SSSR count). The normalized spacial score (nSPS) is 19.8. The highest BCUT2D eigenvalue weighted by atomic mass is 79.9. The van der Waals surface area contributed by atoms with Crippen molar-refractivity contribution in [1.29, 1.82) is 0 Å². The summed E-state index contributed by atoms with van der Waals surface area (Å²) >= 11 is 8.36. The van der Waals surface area contributed by atoms with E-state index in [0.717, 1.165) is 39.8 Å². The van der Waals surface area contributed by atoms with Gasteiger partial charge in [0.1, 0.15) is 5.78 Å². The fraction of sp³-hybridized carbons (Fsp3) is 0.571. The lowest BCUT2D eigenvalue weighted by Crippen LogP contribution is -2.41. The average molecular weight is 423 g/mol. The minimum absolute atomic E-state index is 0.0342. The van der Waals surface area contributed by atoms with Gasteiger partial charge in [-0.3, -0.25) is 9.59 Å². The molecular formula is C14H17Br2NO2S. The minimum Gasteiger partial charge on any atom is -0.335 e. The first-order valence-electron chi connectivity index (χ1n) is 6.74. The van der Waals surface area contributed by atoms with Gasteiger partial charge in [-0.25, -0.2) is 0 Å². The number of halogens is 2. The molecule has 1 saturated heterocycles. The number of carbonyl (C=O) groups excluding carboxylic acids is 2. The van der Waals surface area contributed by atoms with E-state index in [9.17, 15) is 9.59 Å². The molecule has 2 heterocycles. The second-order valence-corrected chi connectivity index (χ2v) is 8.90. The molecule has 110 valence electrons. The molecule has 6 heteroatoms. The summed E-state index contributed by atoms with van der Waals surface area (Å²) in [6.07, 6.45) is 4.63. The van der Waals surface area contributed by atoms with E-state index in [1.807, 2.05) is 11.0 Å². The molecule has 1 aliphatic rings. The third kappa shape index (κ3) is 3.92. The van der Waals surface area contributed by atoms with Crippen molar-refractivity contribution >= 4 is 54.9 Å². The summed E-state index contributed by atoms with van der Waals surface area (Å²) in [7, 11) is 0. The molecule has 0 saturated carbocycles. The van der Waals surface area contributed by atoms with Gasteiger partial charge in [-0.15, -0.1) is 11.3 Å². The number of nitrogens with zero attached hydrogens (tertiary/aromatic N) is 1. The molecule has 1 aromatic rings. The van der Waals surface area contributed by atoms with Gasteiger partial charge in [-0.1, -0.05) is 12.8 Å². The Hall–Kier alpha value is -0.200. The quantitative estimate of drug-likeness (QED) is 0.711. The zero-order valence-electron chi connectivity index (χ0n) is 11.3. The maximum atomic E-state index is 12.7. The number of likely N-dealkylation sites (tertiary alicyclic amines) is 1. The maximum absolute atomic E-state index is 12.7. The number of rotatable bonds is 3. The maximum Gasteiger partial charge on any atom is 0.256 e. The Morgan fingerprint density at radius 2 is 2.10 bits per heavy atom. The lowest BCUT2D eigenvalue weighted by atomic mass is 10.0. The molecule has 0 N–H and O–H groups in total. The molecule has 3 nitrogen and oxygen atoms in total. The summed E-state index contributed by atoms with van der Waals surface area (Å²) < 4.78 is 1.78. The van der Waals surface area contributed by atoms with Crippen LogP contribution in [0, 0.1) is 0 Å². The van der Waals surface area contributed by atoms with Gasteiger partial charge in [0.2, 0.25) is 0 Å². The number of Topliss-reactive ketones (excluding diaryl/α,β-unsaturated/α-hetero) is 1. The summed E-state index contributed by atoms with van der Waals surface area (Å²) in [6.45, 7) is 2.35. The van der Waals surface area contributed by atoms with Crippen molar-refractivity contribution in [2.45, 2.75) is 45.1 Å². The Morgan fingerprint density at radius 1 is 1.35 bits per heavy atom. The second-order valence-electron chi connectivity index (χ2n) is 5.15. The van der Waals surface area contributed by atoms with Gasteiger partial charge in [-0.05, 0) is 57.7 Å². The molecular weight excluding hydrogens is 406 g/mol. The van der Waals surface area contributed by atoms with E-state index in [1.165, 1.54) is 11.3 Å². The SMILES string of the molecule is CC(=O)CC1CCCCCN1C(=O)c1cc(Br)sc1Br. The van der Waals surface area contributed by atoms with Crippen molar-refractivity contribution in [3.8, 4) is 0 Å². The van der Waals surface area contributed by atoms with Gasteiger partial charge in [-0.2, -0.15) is 0 Å². The number of thiophene rings is 1. The van der Waals surface area contributed by atoms with Crippen molar-refractivity contribution in [2.75, 3.05) is 6.54 Å². The van der Waals surface area contributed by atoms with Crippen LogP contribution in [0.15, 0.2) is 13.6 Å². The molecule has 1 aromatic heterocycles. The number of hydrogen-bond acceptors (Lipinski definition) is 3. The highest BCUT2D eigenvalue weighted by Gasteiger charge is 2.28. The van der Waals surface area contributed by atoms with E-state index < -0.39 is 0 Å². The van der Waals surface area contributed by atoms with Crippen molar-refractivity contribution in [3.63, 3.8) is 0 Å². The number of hydrogen-bond donors (Lipinski definition) is 0. The predicted molar refractivity (Wildman–Crippen MR) is 88.3 cm³/mol. The van der Waals surface area contributed by atoms with Crippen LogP contribution in [0.4, 0.5) is 0 Å². The molecule has 1 aliphatic heterocycles. The van der Waals surface area contributed by atoms with Crippen molar-refractivity contribution in [1.82, 2.24) is 4.90 Å². The Bertz CT molecular complexity index is 515. The van der Waals surface area contributed by atoms with Crippen LogP contribution in [0.1, 0.15) is 49.4 Å². The second kappa shape index (κ2) is 7.18. The molecule has 1 amide bonds. The summed E-state index contributed by atoms with van der Waals surface area (Å²) in [5.74, 6) is 0.187. The summed E-state index contributed by atoms with van der Waals surface area (Å²) in [6, 6.07) is 1.90. The lowest BCUT2D eigenvalue weighted by Gasteiger charge is -2.29. The highest BCUT2D eigenvalue weighted by Crippen LogP contribution is 2.34. The Morgan fingerprint density at radius 3 is 2.70 bits per heavy atom. The average Bonchev–Trinajstić information content (AvgIpc) is 2.58. The lowest BCUT2D eigenvalue weighted by molar-refractivity contribution is -0.118. The van der Waals surface area contributed by atoms with Gasteiger partial charge < -0.3 is 4.90 Å². The fourth-order valence-electron chi connectivity index (χ4n) is 2.63. The zero-order chi connectivity index (χ0) is 14.7. The Kier molecular flexibility index (Phi) is 5.81. The fourth-order valence-corrected chi connectivity index (χ4v) is 5.41. The largest absolute Gasteiger partial charge is 0.335 e. The van der Waals surface area contributed by atoms with E-state index in [-0.39, 0.29) is 17.7 Å². The number of carbonyl (C=O) groups is 2. The standard InChI is InChI=1S/C14H17Br2NO2S/c1-9(18)7-10-5-3-2-4-6-17(10)14(19)11-8-12(15)20-13(11)16/h8,10H,2-7H2,1H3. The Labute approximate surface area is 140 Å². The van der Waals surface area contributed by atoms with E-state index >= 15 is 0 Å². The van der Waals surface area contributed by atoms with Crippen LogP contribution < -0.4 is 0 Å². The first-order valence-corrected chi connectivity index (χ1v) is 9.14. The monoisotopic (exact) mass is 421 g/mol. The molecule has 1 fully saturated rings. The van der Waals surface area contributed by atoms with Crippen LogP contribution in [-0.2, 0) is 4.79 Å². The van der Waals surface area contributed by atoms with Crippen LogP contribution in [0.2, 0.25) is 0 Å². The summed E-state index contributed by atoms with van der Waals surface area (Å²) in [5.41, 5.74) is 0.692. The smallest absolute Gasteiger partial charge is 0.256 e. The van der Waals surface area contributed by atoms with Crippen molar-refractivity contribution in [3.05, 3.63) is 19.2 Å². The first-order chi connectivity index (χ1) is 9.49. The van der Waals surface area contributed by atoms with E-state index in [1.54, 1.807) is 6.92 Å². The minimum atomic E-state index is 0.0342. The predicted octanol–water partition coefficient (Wildman–Crippen LogP) is 4.64. The molecule has 1 atom stereocenters. The molecule has 20 heavy (non-hydrogen) atoms. The van der Waals surface area contributed by atoms with Gasteiger partial charge in [0.05, 0.1) is 13.1 Å². The van der Waals surface area contributed by atoms with E-state index in [0.29, 0.717) is 12.0 Å². The van der Waals surface area contributed by atoms with Crippen molar-refractivity contribution in [2.24, 2.45) is 0 Å². The van der Waals surface area contributed by atoms with Gasteiger partial charge in [0.15, 0.2) is 0 Å². The van der Waals surface area contributed by atoms with Gasteiger partial charge in [0.25, 0.3) is 5.91 Å². The molecule has 0 aromatic carbocycles. The van der Waals surface area contributed by atoms with Crippen LogP contribution in [0.3, 0.4) is 0 Å². The third-order valence-electron chi connectivity index (χ3n) is 3.55. The van der Waals surface area contributed by atoms with E-state index in [2.05, 4.69) is 31.9 Å². The number of amides is 1. The summed E-state index contributed by atoms with van der Waals surface area (Å²) in [5, 5.41) is 0. The van der Waals surface area contributed by atoms with E-state index in [4.69, 9.17) is 0 Å². The number of ketones is 1. The molecule has 0 radical (unpaired) electrons. The molecule has 0 spiro atoms. The molecule has 0 aliphatic carbocycles. The topological polar surface area (TPSA) is 37.4 Å². The van der Waals surface area contributed by atoms with Gasteiger partial charge >= 0.3 is 0 Å². The highest BCUT2D eigenvalue weighted by molar-refractivity contribution is 9.12. The Balaban J connectivity index is 2.23. The van der Waals surface area contributed by atoms with Crippen molar-refractivity contribution < 1.29 is 9.59 Å². The van der Waals surface area contributed by atoms with Crippen LogP contribution in [-0.4, -0.2) is 29.2 Å². The van der Waals surface area contributed by atoms with Crippen LogP contribution in [0.25, 0.3) is 0 Å².